The van der Waals surface area contributed by atoms with Crippen molar-refractivity contribution in [2.75, 3.05) is 17.2 Å². The summed E-state index contributed by atoms with van der Waals surface area (Å²) >= 11 is 1.30. The standard InChI is InChI=1S/C16H15N5O2S/c1-2-17-16-18-9-13(24-16)15(23)19-11-5-3-4-10(8-11)12-6-7-14(22)21-20-12/h3-9H,2H2,1H3,(H,17,18)(H,19,23)(H,21,22). The van der Waals surface area contributed by atoms with Crippen LogP contribution in [0.3, 0.4) is 0 Å². The molecule has 0 saturated carbocycles. The number of aromatic nitrogens is 3. The van der Waals surface area contributed by atoms with Crippen molar-refractivity contribution < 1.29 is 4.79 Å². The van der Waals surface area contributed by atoms with Crippen molar-refractivity contribution in [1.82, 2.24) is 15.2 Å². The van der Waals surface area contributed by atoms with E-state index < -0.39 is 0 Å². The van der Waals surface area contributed by atoms with E-state index >= 15 is 0 Å². The van der Waals surface area contributed by atoms with Crippen molar-refractivity contribution in [3.8, 4) is 11.3 Å². The first kappa shape index (κ1) is 15.9. The van der Waals surface area contributed by atoms with Gasteiger partial charge in [0.25, 0.3) is 11.5 Å². The number of amides is 1. The molecule has 1 amide bonds. The minimum absolute atomic E-state index is 0.219. The van der Waals surface area contributed by atoms with Crippen LogP contribution in [0.2, 0.25) is 0 Å². The van der Waals surface area contributed by atoms with Crippen molar-refractivity contribution >= 4 is 28.1 Å². The molecule has 3 aromatic rings. The molecule has 0 bridgehead atoms. The van der Waals surface area contributed by atoms with Crippen LogP contribution >= 0.6 is 11.3 Å². The predicted molar refractivity (Wildman–Crippen MR) is 94.5 cm³/mol. The summed E-state index contributed by atoms with van der Waals surface area (Å²) < 4.78 is 0. The van der Waals surface area contributed by atoms with Crippen LogP contribution in [0.5, 0.6) is 0 Å². The number of benzene rings is 1. The van der Waals surface area contributed by atoms with Crippen molar-refractivity contribution in [3.63, 3.8) is 0 Å². The monoisotopic (exact) mass is 341 g/mol. The van der Waals surface area contributed by atoms with Crippen molar-refractivity contribution in [1.29, 1.82) is 0 Å². The molecule has 0 aliphatic rings. The van der Waals surface area contributed by atoms with Crippen LogP contribution < -0.4 is 16.2 Å². The van der Waals surface area contributed by atoms with Crippen LogP contribution in [0.15, 0.2) is 47.4 Å². The Hall–Kier alpha value is -3.00. The maximum atomic E-state index is 12.3. The summed E-state index contributed by atoms with van der Waals surface area (Å²) in [4.78, 5) is 28.0. The number of carbonyl (C=O) groups excluding carboxylic acids is 1. The molecule has 2 aromatic heterocycles. The molecule has 3 N–H and O–H groups in total. The van der Waals surface area contributed by atoms with Gasteiger partial charge in [-0.15, -0.1) is 0 Å². The second-order valence-electron chi connectivity index (χ2n) is 4.90. The zero-order valence-electron chi connectivity index (χ0n) is 12.9. The van der Waals surface area contributed by atoms with Crippen LogP contribution in [0.1, 0.15) is 16.6 Å². The van der Waals surface area contributed by atoms with Gasteiger partial charge >= 0.3 is 0 Å². The molecule has 0 aliphatic carbocycles. The topological polar surface area (TPSA) is 99.8 Å². The van der Waals surface area contributed by atoms with Crippen molar-refractivity contribution in [2.45, 2.75) is 6.92 Å². The molecule has 0 saturated heterocycles. The van der Waals surface area contributed by atoms with E-state index in [1.54, 1.807) is 24.4 Å². The lowest BCUT2D eigenvalue weighted by Crippen LogP contribution is -2.10. The van der Waals surface area contributed by atoms with Gasteiger partial charge in [0, 0.05) is 23.9 Å². The molecule has 0 radical (unpaired) electrons. The van der Waals surface area contributed by atoms with Crippen LogP contribution in [0.25, 0.3) is 11.3 Å². The highest BCUT2D eigenvalue weighted by atomic mass is 32.1. The molecule has 7 nitrogen and oxygen atoms in total. The van der Waals surface area contributed by atoms with E-state index in [1.807, 2.05) is 19.1 Å². The average molecular weight is 341 g/mol. The number of hydrogen-bond donors (Lipinski definition) is 3. The van der Waals surface area contributed by atoms with Gasteiger partial charge in [-0.1, -0.05) is 23.5 Å². The second-order valence-corrected chi connectivity index (χ2v) is 5.93. The summed E-state index contributed by atoms with van der Waals surface area (Å²) in [5.74, 6) is -0.219. The van der Waals surface area contributed by atoms with E-state index in [4.69, 9.17) is 0 Å². The van der Waals surface area contributed by atoms with E-state index in [1.165, 1.54) is 17.4 Å². The number of nitrogens with one attached hydrogen (secondary N) is 3. The van der Waals surface area contributed by atoms with Crippen molar-refractivity contribution in [3.05, 3.63) is 57.8 Å². The van der Waals surface area contributed by atoms with Crippen LogP contribution in [-0.4, -0.2) is 27.6 Å². The van der Waals surface area contributed by atoms with Crippen LogP contribution in [-0.2, 0) is 0 Å². The quantitative estimate of drug-likeness (QED) is 0.662. The van der Waals surface area contributed by atoms with Crippen LogP contribution in [0.4, 0.5) is 10.8 Å². The molecular formula is C16H15N5O2S. The molecule has 0 aliphatic heterocycles. The van der Waals surface area contributed by atoms with E-state index in [2.05, 4.69) is 25.8 Å². The normalized spacial score (nSPS) is 10.4. The molecule has 8 heteroatoms. The Balaban J connectivity index is 1.77. The fourth-order valence-electron chi connectivity index (χ4n) is 2.07. The SMILES string of the molecule is CCNc1ncc(C(=O)Nc2cccc(-c3ccc(=O)[nH]n3)c2)s1. The summed E-state index contributed by atoms with van der Waals surface area (Å²) in [6.07, 6.45) is 1.55. The zero-order chi connectivity index (χ0) is 16.9. The van der Waals surface area contributed by atoms with Gasteiger partial charge in [0.2, 0.25) is 0 Å². The fraction of sp³-hybridized carbons (Fsp3) is 0.125. The molecule has 2 heterocycles. The maximum Gasteiger partial charge on any atom is 0.267 e. The molecule has 0 atom stereocenters. The van der Waals surface area contributed by atoms with Gasteiger partial charge in [-0.25, -0.2) is 10.1 Å². The molecule has 0 spiro atoms. The third kappa shape index (κ3) is 3.66. The molecule has 1 aromatic carbocycles. The van der Waals surface area contributed by atoms with Gasteiger partial charge in [0.15, 0.2) is 5.13 Å². The third-order valence-corrected chi connectivity index (χ3v) is 4.11. The van der Waals surface area contributed by atoms with E-state index in [9.17, 15) is 9.59 Å². The number of nitrogens with zero attached hydrogens (tertiary/aromatic N) is 2. The Labute approximate surface area is 141 Å². The van der Waals surface area contributed by atoms with Gasteiger partial charge in [-0.3, -0.25) is 9.59 Å². The minimum atomic E-state index is -0.259. The molecule has 0 fully saturated rings. The summed E-state index contributed by atoms with van der Waals surface area (Å²) in [6.45, 7) is 2.72. The smallest absolute Gasteiger partial charge is 0.267 e. The second kappa shape index (κ2) is 7.05. The Morgan fingerprint density at radius 3 is 2.92 bits per heavy atom. The lowest BCUT2D eigenvalue weighted by molar-refractivity contribution is 0.103. The Morgan fingerprint density at radius 2 is 2.17 bits per heavy atom. The number of anilines is 2. The van der Waals surface area contributed by atoms with Gasteiger partial charge in [-0.2, -0.15) is 5.10 Å². The summed E-state index contributed by atoms with van der Waals surface area (Å²) in [5.41, 5.74) is 1.80. The highest BCUT2D eigenvalue weighted by Gasteiger charge is 2.11. The first-order valence-electron chi connectivity index (χ1n) is 7.33. The van der Waals surface area contributed by atoms with Crippen LogP contribution in [0, 0.1) is 0 Å². The first-order chi connectivity index (χ1) is 11.7. The number of thiazole rings is 1. The zero-order valence-corrected chi connectivity index (χ0v) is 13.7. The van der Waals surface area contributed by atoms with Crippen molar-refractivity contribution in [2.24, 2.45) is 0 Å². The van der Waals surface area contributed by atoms with E-state index in [0.29, 0.717) is 21.4 Å². The lowest BCUT2D eigenvalue weighted by atomic mass is 10.1. The third-order valence-electron chi connectivity index (χ3n) is 3.15. The largest absolute Gasteiger partial charge is 0.362 e. The Kier molecular flexibility index (Phi) is 4.66. The minimum Gasteiger partial charge on any atom is -0.362 e. The summed E-state index contributed by atoms with van der Waals surface area (Å²) in [6, 6.07) is 10.3. The Morgan fingerprint density at radius 1 is 1.29 bits per heavy atom. The summed E-state index contributed by atoms with van der Waals surface area (Å²) in [5, 5.41) is 13.0. The first-order valence-corrected chi connectivity index (χ1v) is 8.14. The number of aromatic amines is 1. The summed E-state index contributed by atoms with van der Waals surface area (Å²) in [7, 11) is 0. The predicted octanol–water partition coefficient (Wildman–Crippen LogP) is 2.58. The number of carbonyl (C=O) groups is 1. The average Bonchev–Trinajstić information content (AvgIpc) is 3.05. The Bertz CT molecular complexity index is 898. The lowest BCUT2D eigenvalue weighted by Gasteiger charge is -2.06. The number of H-pyrrole nitrogens is 1. The number of hydrogen-bond acceptors (Lipinski definition) is 6. The fourth-order valence-corrected chi connectivity index (χ4v) is 2.85. The van der Waals surface area contributed by atoms with Gasteiger partial charge in [0.05, 0.1) is 11.9 Å². The molecule has 122 valence electrons. The number of rotatable bonds is 5. The molecule has 24 heavy (non-hydrogen) atoms. The van der Waals surface area contributed by atoms with Gasteiger partial charge in [0.1, 0.15) is 4.88 Å². The maximum absolute atomic E-state index is 12.3. The van der Waals surface area contributed by atoms with E-state index in [0.717, 1.165) is 12.1 Å². The highest BCUT2D eigenvalue weighted by Crippen LogP contribution is 2.22. The molecular weight excluding hydrogens is 326 g/mol. The molecule has 0 unspecified atom stereocenters. The van der Waals surface area contributed by atoms with Gasteiger partial charge < -0.3 is 10.6 Å². The van der Waals surface area contributed by atoms with E-state index in [-0.39, 0.29) is 11.5 Å². The molecule has 3 rings (SSSR count). The van der Waals surface area contributed by atoms with Gasteiger partial charge in [-0.05, 0) is 25.1 Å². The highest BCUT2D eigenvalue weighted by molar-refractivity contribution is 7.17.